The quantitative estimate of drug-likeness (QED) is 0.474. The second-order valence-corrected chi connectivity index (χ2v) is 10.6. The van der Waals surface area contributed by atoms with Crippen LogP contribution in [0.5, 0.6) is 0 Å². The summed E-state index contributed by atoms with van der Waals surface area (Å²) < 4.78 is 29.6. The summed E-state index contributed by atoms with van der Waals surface area (Å²) in [5.41, 5.74) is 0.793. The van der Waals surface area contributed by atoms with Crippen molar-refractivity contribution < 1.29 is 22.4 Å². The molecule has 1 aromatic heterocycles. The SMILES string of the molecule is CC1=C(C#N)C(=O)N([C@@H]2CCS(=O)(=O)C2)C(=O)/C1=C\c1ccc(-c2ccc(Cl)c(Cl)c2)o1. The van der Waals surface area contributed by atoms with Crippen LogP contribution in [0.3, 0.4) is 0 Å². The van der Waals surface area contributed by atoms with Crippen LogP contribution in [0.4, 0.5) is 0 Å². The van der Waals surface area contributed by atoms with Gasteiger partial charge in [0.25, 0.3) is 11.8 Å². The van der Waals surface area contributed by atoms with E-state index < -0.39 is 27.7 Å². The number of sulfone groups is 1. The molecule has 1 fully saturated rings. The number of carbonyl (C=O) groups excluding carboxylic acids is 2. The van der Waals surface area contributed by atoms with Gasteiger partial charge < -0.3 is 4.42 Å². The van der Waals surface area contributed by atoms with E-state index in [1.54, 1.807) is 30.3 Å². The molecular weight excluding hydrogens is 475 g/mol. The zero-order valence-electron chi connectivity index (χ0n) is 16.8. The molecule has 164 valence electrons. The Labute approximate surface area is 194 Å². The van der Waals surface area contributed by atoms with Gasteiger partial charge in [-0.3, -0.25) is 14.5 Å². The number of nitrogens with zero attached hydrogens (tertiary/aromatic N) is 2. The number of hydrogen-bond donors (Lipinski definition) is 0. The van der Waals surface area contributed by atoms with Gasteiger partial charge in [-0.25, -0.2) is 8.42 Å². The lowest BCUT2D eigenvalue weighted by molar-refractivity contribution is -0.142. The van der Waals surface area contributed by atoms with Gasteiger partial charge in [0.05, 0.1) is 27.6 Å². The number of carbonyl (C=O) groups is 2. The molecule has 0 spiro atoms. The minimum Gasteiger partial charge on any atom is -0.457 e. The fraction of sp³-hybridized carbons (Fsp3) is 0.227. The maximum Gasteiger partial charge on any atom is 0.271 e. The summed E-state index contributed by atoms with van der Waals surface area (Å²) in [6, 6.07) is 9.38. The average Bonchev–Trinajstić information content (AvgIpc) is 3.34. The second kappa shape index (κ2) is 8.24. The number of rotatable bonds is 3. The molecule has 0 unspecified atom stereocenters. The van der Waals surface area contributed by atoms with Crippen molar-refractivity contribution in [1.82, 2.24) is 4.90 Å². The van der Waals surface area contributed by atoms with Crippen LogP contribution in [0, 0.1) is 11.3 Å². The number of imide groups is 1. The van der Waals surface area contributed by atoms with Crippen LogP contribution >= 0.6 is 23.2 Å². The van der Waals surface area contributed by atoms with Gasteiger partial charge in [0.1, 0.15) is 23.2 Å². The lowest BCUT2D eigenvalue weighted by atomic mass is 9.93. The van der Waals surface area contributed by atoms with Crippen molar-refractivity contribution in [2.24, 2.45) is 0 Å². The number of amides is 2. The molecule has 0 bridgehead atoms. The molecule has 7 nitrogen and oxygen atoms in total. The number of nitriles is 1. The average molecular weight is 491 g/mol. The molecule has 10 heteroatoms. The van der Waals surface area contributed by atoms with E-state index in [4.69, 9.17) is 27.6 Å². The van der Waals surface area contributed by atoms with Crippen molar-refractivity contribution in [3.05, 3.63) is 62.9 Å². The standard InChI is InChI=1S/C22H16Cl2N2O5S/c1-12-16(9-15-3-5-20(31-15)13-2-4-18(23)19(24)8-13)21(27)26(22(28)17(12)10-25)14-6-7-32(29,30)11-14/h2-5,8-9,14H,6-7,11H2,1H3/b16-9-/t14-/m1/s1. The topological polar surface area (TPSA) is 108 Å². The zero-order chi connectivity index (χ0) is 23.2. The molecular formula is C22H16Cl2N2O5S. The van der Waals surface area contributed by atoms with Gasteiger partial charge in [-0.1, -0.05) is 23.2 Å². The number of halogens is 2. The van der Waals surface area contributed by atoms with E-state index in [1.165, 1.54) is 13.0 Å². The van der Waals surface area contributed by atoms with Gasteiger partial charge >= 0.3 is 0 Å². The number of hydrogen-bond acceptors (Lipinski definition) is 6. The predicted molar refractivity (Wildman–Crippen MR) is 119 cm³/mol. The molecule has 32 heavy (non-hydrogen) atoms. The fourth-order valence-electron chi connectivity index (χ4n) is 3.79. The van der Waals surface area contributed by atoms with Gasteiger partial charge in [-0.2, -0.15) is 5.26 Å². The Balaban J connectivity index is 1.73. The summed E-state index contributed by atoms with van der Waals surface area (Å²) in [5, 5.41) is 10.3. The zero-order valence-corrected chi connectivity index (χ0v) is 19.1. The van der Waals surface area contributed by atoms with Crippen LogP contribution in [0.15, 0.2) is 51.5 Å². The number of furan rings is 1. The third kappa shape index (κ3) is 3.99. The molecule has 2 aliphatic heterocycles. The molecule has 0 radical (unpaired) electrons. The van der Waals surface area contributed by atoms with Crippen LogP contribution < -0.4 is 0 Å². The molecule has 0 aliphatic carbocycles. The van der Waals surface area contributed by atoms with Crippen molar-refractivity contribution in [1.29, 1.82) is 5.26 Å². The van der Waals surface area contributed by atoms with Crippen LogP contribution in [0.2, 0.25) is 10.0 Å². The van der Waals surface area contributed by atoms with E-state index in [2.05, 4.69) is 0 Å². The summed E-state index contributed by atoms with van der Waals surface area (Å²) in [6.07, 6.45) is 1.59. The van der Waals surface area contributed by atoms with Crippen LogP contribution in [0.1, 0.15) is 19.1 Å². The minimum atomic E-state index is -3.34. The number of benzene rings is 1. The Morgan fingerprint density at radius 2 is 1.91 bits per heavy atom. The molecule has 2 aliphatic rings. The van der Waals surface area contributed by atoms with E-state index >= 15 is 0 Å². The third-order valence-electron chi connectivity index (χ3n) is 5.46. The molecule has 0 saturated carbocycles. The van der Waals surface area contributed by atoms with Crippen molar-refractivity contribution in [3.8, 4) is 17.4 Å². The Morgan fingerprint density at radius 1 is 1.16 bits per heavy atom. The Kier molecular flexibility index (Phi) is 5.76. The molecule has 1 aromatic carbocycles. The van der Waals surface area contributed by atoms with E-state index in [0.29, 0.717) is 27.1 Å². The highest BCUT2D eigenvalue weighted by molar-refractivity contribution is 7.91. The minimum absolute atomic E-state index is 0.0977. The van der Waals surface area contributed by atoms with Gasteiger partial charge in [0.15, 0.2) is 9.84 Å². The summed E-state index contributed by atoms with van der Waals surface area (Å²) in [7, 11) is -3.34. The largest absolute Gasteiger partial charge is 0.457 e. The highest BCUT2D eigenvalue weighted by Gasteiger charge is 2.43. The lowest BCUT2D eigenvalue weighted by Crippen LogP contribution is -2.49. The maximum absolute atomic E-state index is 13.2. The summed E-state index contributed by atoms with van der Waals surface area (Å²) >= 11 is 12.0. The van der Waals surface area contributed by atoms with E-state index in [-0.39, 0.29) is 34.6 Å². The summed E-state index contributed by atoms with van der Waals surface area (Å²) in [4.78, 5) is 26.9. The summed E-state index contributed by atoms with van der Waals surface area (Å²) in [5.74, 6) is -1.04. The van der Waals surface area contributed by atoms with Crippen molar-refractivity contribution in [2.75, 3.05) is 11.5 Å². The Morgan fingerprint density at radius 3 is 2.53 bits per heavy atom. The monoisotopic (exact) mass is 490 g/mol. The first kappa shape index (κ1) is 22.3. The Hall–Kier alpha value is -2.86. The van der Waals surface area contributed by atoms with Crippen LogP contribution in [0.25, 0.3) is 17.4 Å². The first-order chi connectivity index (χ1) is 15.1. The van der Waals surface area contributed by atoms with E-state index in [9.17, 15) is 23.3 Å². The molecule has 4 rings (SSSR count). The first-order valence-electron chi connectivity index (χ1n) is 9.58. The second-order valence-electron chi connectivity index (χ2n) is 7.54. The molecule has 0 N–H and O–H groups in total. The maximum atomic E-state index is 13.2. The Bertz CT molecular complexity index is 1360. The third-order valence-corrected chi connectivity index (χ3v) is 7.95. The lowest BCUT2D eigenvalue weighted by Gasteiger charge is -2.31. The van der Waals surface area contributed by atoms with Gasteiger partial charge in [-0.05, 0) is 55.3 Å². The molecule has 3 heterocycles. The van der Waals surface area contributed by atoms with Crippen molar-refractivity contribution in [2.45, 2.75) is 19.4 Å². The highest BCUT2D eigenvalue weighted by atomic mass is 35.5. The van der Waals surface area contributed by atoms with Crippen molar-refractivity contribution in [3.63, 3.8) is 0 Å². The molecule has 2 aromatic rings. The van der Waals surface area contributed by atoms with E-state index in [0.717, 1.165) is 4.90 Å². The highest BCUT2D eigenvalue weighted by Crippen LogP contribution is 2.33. The molecule has 2 amide bonds. The van der Waals surface area contributed by atoms with Crippen molar-refractivity contribution >= 4 is 50.9 Å². The van der Waals surface area contributed by atoms with E-state index in [1.807, 2.05) is 6.07 Å². The van der Waals surface area contributed by atoms with Crippen LogP contribution in [-0.2, 0) is 19.4 Å². The van der Waals surface area contributed by atoms with Gasteiger partial charge in [-0.15, -0.1) is 0 Å². The summed E-state index contributed by atoms with van der Waals surface area (Å²) in [6.45, 7) is 1.51. The predicted octanol–water partition coefficient (Wildman–Crippen LogP) is 4.03. The van der Waals surface area contributed by atoms with Crippen LogP contribution in [-0.4, -0.2) is 42.7 Å². The van der Waals surface area contributed by atoms with Gasteiger partial charge in [0, 0.05) is 11.1 Å². The molecule has 1 atom stereocenters. The molecule has 1 saturated heterocycles. The smallest absolute Gasteiger partial charge is 0.271 e. The normalized spacial score (nSPS) is 22.0. The van der Waals surface area contributed by atoms with Gasteiger partial charge in [0.2, 0.25) is 0 Å². The first-order valence-corrected chi connectivity index (χ1v) is 12.2. The fourth-order valence-corrected chi connectivity index (χ4v) is 5.79.